The van der Waals surface area contributed by atoms with Gasteiger partial charge in [0.15, 0.2) is 0 Å². The van der Waals surface area contributed by atoms with Crippen LogP contribution in [-0.2, 0) is 66.0 Å². The van der Waals surface area contributed by atoms with Crippen LogP contribution >= 0.6 is 0 Å². The fourth-order valence-electron chi connectivity index (χ4n) is 14.2. The average Bonchev–Trinajstić information content (AvgIpc) is 1.76. The maximum absolute atomic E-state index is 13.0. The fraction of sp³-hybridized carbons (Fsp3) is 0.756. The summed E-state index contributed by atoms with van der Waals surface area (Å²) >= 11 is 0. The molecule has 5 saturated heterocycles. The average molecular weight is 1790 g/mol. The standard InChI is InChI=1S/3C18H29N5O4.2C14H21N5O4/c1-11-9-22(16(25)23(15(11)24)17(2,3)4)14-8-12(20-21-19)13(27-14)10-26-18(5,6)7;1-11(2)7-23-17(24)13(5)8-22(18(23)25)16-6-14(20-21-19)15(27-16)10-26-9-12(3)4;1-4-6-8-22-17(24)13(3)11-23(18(22)25)16-10-14(20-21-19)15(27-16)12-26-9-7-5-2;1-8(2)6-22-7-11-10(17-18-15)4-12(23-11)19-5-9(3)13(20)16-14(19)21;1-3-4-5-22-8-11-10(17-18-15)6-12(23-11)19-7-9(2)13(20)16-14(19)21/h9,12-14H,8,10H2,1-7H3;8,11-12,14-16H,6-7,9-10H2,1-5H3;11,14-16H,4-10,12H2,1-3H3;5,8,10-12H,4,6-7H2,1-3H3,(H,16,20,21);7,10-12H,3-6,8H2,1-2H3,(H,16,20,21)/t12?,13-,14-;2*14?,15-,16-;2*10?,11-,12-/m11111/s1. The summed E-state index contributed by atoms with van der Waals surface area (Å²) in [5.74, 6) is 0.919. The number of aromatic nitrogens is 10. The molecule has 45 heteroatoms. The predicted molar refractivity (Wildman–Crippen MR) is 472 cm³/mol. The molecule has 0 aliphatic carbocycles. The SMILES string of the molecule is CCCCOC[C@H]1O[C@@H](n2cc(C)c(=O)[nH]c2=O)CC1N=[N+]=[N-].CCCCOC[C@H]1O[C@@H](n2cc(C)c(=O)n(CCCC)c2=O)CC1N=[N+]=[N-].Cc1cn([C@H]2CC(N=[N+]=[N-])[C@@H](COC(C)(C)C)O2)c(=O)n(C(C)(C)C)c1=O.Cc1cn([C@H]2CC(N=[N+]=[N-])[C@@H](COCC(C)C)O2)c(=O)[nH]c1=O.Cc1cn([C@H]2CC(N=[N+]=[N-])[C@@H](COCC(C)C)O2)c(=O)n(CC(C)C)c1=O. The first-order valence-electron chi connectivity index (χ1n) is 43.2. The molecule has 702 valence electrons. The first-order chi connectivity index (χ1) is 60.1. The highest BCUT2D eigenvalue weighted by molar-refractivity contribution is 5.10. The van der Waals surface area contributed by atoms with Gasteiger partial charge in [-0.3, -0.25) is 70.5 Å². The molecule has 5 aliphatic heterocycles. The Kier molecular flexibility index (Phi) is 41.7. The van der Waals surface area contributed by atoms with Crippen molar-refractivity contribution in [3.8, 4) is 0 Å². The summed E-state index contributed by atoms with van der Waals surface area (Å²) in [6.45, 7) is 42.2. The molecule has 0 aromatic carbocycles. The van der Waals surface area contributed by atoms with Gasteiger partial charge >= 0.3 is 28.4 Å². The van der Waals surface area contributed by atoms with E-state index in [0.717, 1.165) is 38.5 Å². The summed E-state index contributed by atoms with van der Waals surface area (Å²) in [4.78, 5) is 141. The van der Waals surface area contributed by atoms with Crippen molar-refractivity contribution in [3.05, 3.63) is 215 Å². The van der Waals surface area contributed by atoms with Gasteiger partial charge in [-0.15, -0.1) is 0 Å². The van der Waals surface area contributed by atoms with Crippen molar-refractivity contribution in [2.24, 2.45) is 43.3 Å². The van der Waals surface area contributed by atoms with E-state index in [1.54, 1.807) is 55.4 Å². The molecule has 0 radical (unpaired) electrons. The minimum Gasteiger partial charge on any atom is -0.379 e. The molecule has 5 unspecified atom stereocenters. The van der Waals surface area contributed by atoms with Crippen LogP contribution in [0.3, 0.4) is 0 Å². The highest BCUT2D eigenvalue weighted by Gasteiger charge is 2.42. The summed E-state index contributed by atoms with van der Waals surface area (Å²) in [6.07, 6.45) is 9.71. The first-order valence-corrected chi connectivity index (χ1v) is 43.2. The minimum absolute atomic E-state index is 0.156. The number of hydrogen-bond donors (Lipinski definition) is 2. The zero-order valence-corrected chi connectivity index (χ0v) is 76.8. The number of unbranched alkanes of at least 4 members (excludes halogenated alkanes) is 3. The lowest BCUT2D eigenvalue weighted by molar-refractivity contribution is -0.0859. The summed E-state index contributed by atoms with van der Waals surface area (Å²) in [6, 6.07) is -2.12. The van der Waals surface area contributed by atoms with E-state index in [1.807, 2.05) is 69.2 Å². The largest absolute Gasteiger partial charge is 0.379 e. The van der Waals surface area contributed by atoms with Gasteiger partial charge in [-0.25, -0.2) is 24.0 Å². The molecule has 5 aromatic rings. The molecule has 0 bridgehead atoms. The van der Waals surface area contributed by atoms with Crippen molar-refractivity contribution >= 4 is 0 Å². The van der Waals surface area contributed by atoms with Crippen molar-refractivity contribution in [2.75, 3.05) is 59.5 Å². The Morgan fingerprint density at radius 3 is 1.02 bits per heavy atom. The Morgan fingerprint density at radius 1 is 0.402 bits per heavy atom. The molecular weight excluding hydrogens is 1660 g/mol. The number of H-pyrrole nitrogens is 2. The molecular formula is C82H129N25O20. The van der Waals surface area contributed by atoms with Gasteiger partial charge < -0.3 is 47.4 Å². The van der Waals surface area contributed by atoms with Crippen molar-refractivity contribution in [2.45, 2.75) is 325 Å². The minimum atomic E-state index is -0.667. The lowest BCUT2D eigenvalue weighted by Gasteiger charge is -2.25. The molecule has 10 rings (SSSR count). The van der Waals surface area contributed by atoms with Crippen LogP contribution < -0.4 is 56.2 Å². The van der Waals surface area contributed by atoms with Crippen molar-refractivity contribution in [1.29, 1.82) is 0 Å². The zero-order chi connectivity index (χ0) is 94.3. The van der Waals surface area contributed by atoms with E-state index in [0.29, 0.717) is 124 Å². The van der Waals surface area contributed by atoms with Crippen LogP contribution in [0.25, 0.3) is 52.2 Å². The van der Waals surface area contributed by atoms with Crippen LogP contribution in [0.4, 0.5) is 0 Å². The number of ether oxygens (including phenoxy) is 10. The summed E-state index contributed by atoms with van der Waals surface area (Å²) in [7, 11) is 0. The Hall–Kier alpha value is -10.4. The van der Waals surface area contributed by atoms with Crippen LogP contribution in [-0.4, -0.2) is 172 Å². The highest BCUT2D eigenvalue weighted by atomic mass is 16.6. The third-order valence-corrected chi connectivity index (χ3v) is 20.8. The molecule has 127 heavy (non-hydrogen) atoms. The normalized spacial score (nSPS) is 23.0. The van der Waals surface area contributed by atoms with Gasteiger partial charge in [0.05, 0.1) is 99.4 Å². The Balaban J connectivity index is 0.000000245. The third kappa shape index (κ3) is 30.6. The molecule has 0 amide bonds. The monoisotopic (exact) mass is 1780 g/mol. The van der Waals surface area contributed by atoms with E-state index < -0.39 is 137 Å². The molecule has 0 saturated carbocycles. The second-order valence-electron chi connectivity index (χ2n) is 35.2. The second kappa shape index (κ2) is 50.3. The lowest BCUT2D eigenvalue weighted by atomic mass is 10.1. The number of aromatic amines is 2. The maximum Gasteiger partial charge on any atom is 0.333 e. The van der Waals surface area contributed by atoms with Crippen LogP contribution in [0.15, 0.2) is 105 Å². The van der Waals surface area contributed by atoms with Crippen molar-refractivity contribution in [1.82, 2.24) is 46.5 Å². The molecule has 5 aromatic heterocycles. The van der Waals surface area contributed by atoms with Gasteiger partial charge in [-0.2, -0.15) is 0 Å². The first kappa shape index (κ1) is 105. The molecule has 10 heterocycles. The smallest absolute Gasteiger partial charge is 0.333 e. The lowest BCUT2D eigenvalue weighted by Crippen LogP contribution is -2.49. The maximum atomic E-state index is 13.0. The predicted octanol–water partition coefficient (Wildman–Crippen LogP) is 11.5. The Bertz CT molecular complexity index is 5350. The van der Waals surface area contributed by atoms with Gasteiger partial charge in [0.2, 0.25) is 0 Å². The van der Waals surface area contributed by atoms with Gasteiger partial charge in [-0.1, -0.05) is 107 Å². The number of azide groups is 5. The number of rotatable bonds is 35. The van der Waals surface area contributed by atoms with E-state index in [2.05, 4.69) is 73.9 Å². The van der Waals surface area contributed by atoms with Crippen molar-refractivity contribution in [3.63, 3.8) is 0 Å². The van der Waals surface area contributed by atoms with Crippen LogP contribution in [0.1, 0.15) is 233 Å². The molecule has 5 fully saturated rings. The van der Waals surface area contributed by atoms with Gasteiger partial charge in [0.25, 0.3) is 27.8 Å². The number of nitrogens with one attached hydrogen (secondary N) is 2. The zero-order valence-electron chi connectivity index (χ0n) is 76.8. The number of nitrogens with zero attached hydrogens (tertiary/aromatic N) is 23. The highest BCUT2D eigenvalue weighted by Crippen LogP contribution is 2.36. The van der Waals surface area contributed by atoms with Crippen LogP contribution in [0, 0.1) is 52.4 Å². The van der Waals surface area contributed by atoms with E-state index in [-0.39, 0.29) is 48.0 Å². The van der Waals surface area contributed by atoms with Crippen molar-refractivity contribution < 1.29 is 47.4 Å². The molecule has 45 nitrogen and oxygen atoms in total. The molecule has 5 aliphatic rings. The fourth-order valence-corrected chi connectivity index (χ4v) is 14.2. The van der Waals surface area contributed by atoms with Crippen LogP contribution in [0.5, 0.6) is 0 Å². The molecule has 0 spiro atoms. The Labute approximate surface area is 734 Å². The summed E-state index contributed by atoms with van der Waals surface area (Å²) in [5, 5.41) is 18.9. The van der Waals surface area contributed by atoms with Crippen LogP contribution in [0.2, 0.25) is 0 Å². The van der Waals surface area contributed by atoms with Gasteiger partial charge in [0, 0.05) is 161 Å². The van der Waals surface area contributed by atoms with E-state index in [1.165, 1.54) is 67.5 Å². The van der Waals surface area contributed by atoms with E-state index >= 15 is 0 Å². The third-order valence-electron chi connectivity index (χ3n) is 20.8. The Morgan fingerprint density at radius 2 is 0.701 bits per heavy atom. The quantitative estimate of drug-likeness (QED) is 0.0165. The topological polar surface area (TPSA) is 578 Å². The number of hydrogen-bond acceptors (Lipinski definition) is 25. The number of aryl methyl sites for hydroxylation is 5. The van der Waals surface area contributed by atoms with Gasteiger partial charge in [0.1, 0.15) is 31.1 Å². The summed E-state index contributed by atoms with van der Waals surface area (Å²) < 4.78 is 68.4. The summed E-state index contributed by atoms with van der Waals surface area (Å²) in [5.41, 5.74) is 41.1. The second-order valence-corrected chi connectivity index (χ2v) is 35.2. The van der Waals surface area contributed by atoms with E-state index in [9.17, 15) is 47.9 Å². The molecule has 2 N–H and O–H groups in total. The molecule has 15 atom stereocenters. The van der Waals surface area contributed by atoms with Gasteiger partial charge in [-0.05, 0) is 141 Å². The van der Waals surface area contributed by atoms with E-state index in [4.69, 9.17) is 75.0 Å².